The number of hydrogen-bond donors (Lipinski definition) is 4. The molecule has 0 radical (unpaired) electrons. The van der Waals surface area contributed by atoms with E-state index in [1.165, 1.54) is 13.0 Å². The lowest BCUT2D eigenvalue weighted by molar-refractivity contribution is 0.278. The Morgan fingerprint density at radius 2 is 1.16 bits per heavy atom. The maximum atomic E-state index is 10.9. The summed E-state index contributed by atoms with van der Waals surface area (Å²) in [5, 5.41) is 0. The van der Waals surface area contributed by atoms with Crippen molar-refractivity contribution in [1.82, 2.24) is 0 Å². The molecule has 0 bridgehead atoms. The molecule has 0 atom stereocenters. The molecular formula is C9H14O8P2. The van der Waals surface area contributed by atoms with E-state index >= 15 is 0 Å². The lowest BCUT2D eigenvalue weighted by Gasteiger charge is -2.18. The lowest BCUT2D eigenvalue weighted by Crippen LogP contribution is -2.01. The summed E-state index contributed by atoms with van der Waals surface area (Å²) in [7, 11) is -9.55. The van der Waals surface area contributed by atoms with Gasteiger partial charge in [-0.1, -0.05) is 0 Å². The van der Waals surface area contributed by atoms with Crippen LogP contribution in [0.2, 0.25) is 0 Å². The van der Waals surface area contributed by atoms with Crippen LogP contribution in [0.5, 0.6) is 11.5 Å². The van der Waals surface area contributed by atoms with Crippen LogP contribution in [0.25, 0.3) is 0 Å². The largest absolute Gasteiger partial charge is 0.524 e. The third-order valence-corrected chi connectivity index (χ3v) is 3.09. The number of phosphoric acid groups is 2. The highest BCUT2D eigenvalue weighted by molar-refractivity contribution is 7.47. The molecule has 0 aliphatic carbocycles. The summed E-state index contributed by atoms with van der Waals surface area (Å²) in [6.07, 6.45) is 0. The summed E-state index contributed by atoms with van der Waals surface area (Å²) in [5.41, 5.74) is 0.928. The topological polar surface area (TPSA) is 134 Å². The molecule has 1 aromatic carbocycles. The van der Waals surface area contributed by atoms with Crippen LogP contribution >= 0.6 is 15.6 Å². The zero-order valence-electron chi connectivity index (χ0n) is 10.4. The minimum absolute atomic E-state index is 0.101. The highest BCUT2D eigenvalue weighted by atomic mass is 31.2. The van der Waals surface area contributed by atoms with Gasteiger partial charge < -0.3 is 9.05 Å². The fourth-order valence-electron chi connectivity index (χ4n) is 1.67. The van der Waals surface area contributed by atoms with Crippen LogP contribution in [0.1, 0.15) is 16.7 Å². The van der Waals surface area contributed by atoms with E-state index in [0.717, 1.165) is 0 Å². The molecule has 0 aromatic heterocycles. The van der Waals surface area contributed by atoms with Crippen LogP contribution in [0.15, 0.2) is 6.07 Å². The number of aryl methyl sites for hydroxylation is 2. The molecule has 19 heavy (non-hydrogen) atoms. The van der Waals surface area contributed by atoms with E-state index in [4.69, 9.17) is 19.6 Å². The molecule has 0 saturated carbocycles. The van der Waals surface area contributed by atoms with E-state index in [1.54, 1.807) is 13.8 Å². The molecule has 0 heterocycles. The van der Waals surface area contributed by atoms with Gasteiger partial charge in [-0.25, -0.2) is 9.13 Å². The molecule has 4 N–H and O–H groups in total. The Hall–Kier alpha value is -0.880. The third-order valence-electron chi connectivity index (χ3n) is 2.25. The predicted octanol–water partition coefficient (Wildman–Crippen LogP) is 1.55. The van der Waals surface area contributed by atoms with Gasteiger partial charge in [-0.15, -0.1) is 0 Å². The van der Waals surface area contributed by atoms with E-state index in [2.05, 4.69) is 9.05 Å². The molecule has 108 valence electrons. The summed E-state index contributed by atoms with van der Waals surface area (Å²) < 4.78 is 30.7. The first-order valence-corrected chi connectivity index (χ1v) is 8.08. The van der Waals surface area contributed by atoms with E-state index in [-0.39, 0.29) is 17.1 Å². The summed E-state index contributed by atoms with van der Waals surface area (Å²) >= 11 is 0. The second-order valence-corrected chi connectivity index (χ2v) is 6.28. The van der Waals surface area contributed by atoms with E-state index in [1.807, 2.05) is 0 Å². The van der Waals surface area contributed by atoms with Crippen molar-refractivity contribution in [3.63, 3.8) is 0 Å². The molecule has 0 spiro atoms. The normalized spacial score (nSPS) is 12.4. The maximum Gasteiger partial charge on any atom is 0.524 e. The molecule has 0 amide bonds. The van der Waals surface area contributed by atoms with Gasteiger partial charge in [-0.2, -0.15) is 0 Å². The van der Waals surface area contributed by atoms with Crippen molar-refractivity contribution in [3.8, 4) is 11.5 Å². The first-order chi connectivity index (χ1) is 8.41. The minimum atomic E-state index is -4.78. The summed E-state index contributed by atoms with van der Waals surface area (Å²) in [4.78, 5) is 35.2. The van der Waals surface area contributed by atoms with Crippen LogP contribution in [0, 0.1) is 20.8 Å². The van der Waals surface area contributed by atoms with E-state index in [9.17, 15) is 9.13 Å². The van der Waals surface area contributed by atoms with Gasteiger partial charge in [0.05, 0.1) is 0 Å². The summed E-state index contributed by atoms with van der Waals surface area (Å²) in [5.74, 6) is -0.329. The average Bonchev–Trinajstić information content (AvgIpc) is 2.16. The van der Waals surface area contributed by atoms with Crippen molar-refractivity contribution < 1.29 is 37.8 Å². The Morgan fingerprint density at radius 3 is 1.42 bits per heavy atom. The van der Waals surface area contributed by atoms with Gasteiger partial charge in [0, 0.05) is 5.56 Å². The number of hydrogen-bond acceptors (Lipinski definition) is 4. The van der Waals surface area contributed by atoms with Gasteiger partial charge in [0.1, 0.15) is 11.5 Å². The zero-order chi connectivity index (χ0) is 15.0. The van der Waals surface area contributed by atoms with Gasteiger partial charge in [0.15, 0.2) is 0 Å². The van der Waals surface area contributed by atoms with Gasteiger partial charge in [-0.3, -0.25) is 19.6 Å². The molecule has 0 fully saturated rings. The lowest BCUT2D eigenvalue weighted by atomic mass is 10.1. The maximum absolute atomic E-state index is 10.9. The molecule has 1 aromatic rings. The second-order valence-electron chi connectivity index (χ2n) is 3.96. The highest BCUT2D eigenvalue weighted by Gasteiger charge is 2.25. The molecule has 0 unspecified atom stereocenters. The Bertz CT molecular complexity index is 536. The van der Waals surface area contributed by atoms with Crippen LogP contribution < -0.4 is 9.05 Å². The average molecular weight is 312 g/mol. The fourth-order valence-corrected chi connectivity index (χ4v) is 2.71. The van der Waals surface area contributed by atoms with Crippen LogP contribution in [-0.4, -0.2) is 19.6 Å². The molecule has 0 aliphatic rings. The fraction of sp³-hybridized carbons (Fsp3) is 0.333. The quantitative estimate of drug-likeness (QED) is 0.615. The SMILES string of the molecule is Cc1cc(C)c(OP(=O)(O)O)c(C)c1OP(=O)(O)O. The number of rotatable bonds is 4. The van der Waals surface area contributed by atoms with Crippen molar-refractivity contribution in [2.45, 2.75) is 20.8 Å². The van der Waals surface area contributed by atoms with Gasteiger partial charge in [0.2, 0.25) is 0 Å². The molecule has 0 aliphatic heterocycles. The monoisotopic (exact) mass is 312 g/mol. The highest BCUT2D eigenvalue weighted by Crippen LogP contribution is 2.47. The van der Waals surface area contributed by atoms with Crippen molar-refractivity contribution in [1.29, 1.82) is 0 Å². The van der Waals surface area contributed by atoms with E-state index in [0.29, 0.717) is 11.1 Å². The van der Waals surface area contributed by atoms with Crippen molar-refractivity contribution >= 4 is 15.6 Å². The summed E-state index contributed by atoms with van der Waals surface area (Å²) in [6, 6.07) is 1.45. The van der Waals surface area contributed by atoms with Crippen LogP contribution in [0.3, 0.4) is 0 Å². The Kier molecular flexibility index (Phi) is 4.47. The van der Waals surface area contributed by atoms with Crippen molar-refractivity contribution in [3.05, 3.63) is 22.8 Å². The zero-order valence-corrected chi connectivity index (χ0v) is 12.2. The Balaban J connectivity index is 3.38. The molecule has 10 heteroatoms. The van der Waals surface area contributed by atoms with Gasteiger partial charge in [0.25, 0.3) is 0 Å². The van der Waals surface area contributed by atoms with Gasteiger partial charge >= 0.3 is 15.6 Å². The molecule has 1 rings (SSSR count). The van der Waals surface area contributed by atoms with Gasteiger partial charge in [-0.05, 0) is 38.0 Å². The van der Waals surface area contributed by atoms with Crippen LogP contribution in [-0.2, 0) is 9.13 Å². The molecule has 8 nitrogen and oxygen atoms in total. The second kappa shape index (κ2) is 5.25. The Labute approximate surface area is 109 Å². The van der Waals surface area contributed by atoms with E-state index < -0.39 is 15.6 Å². The van der Waals surface area contributed by atoms with Crippen molar-refractivity contribution in [2.75, 3.05) is 0 Å². The first-order valence-electron chi connectivity index (χ1n) is 5.02. The first kappa shape index (κ1) is 16.2. The smallest absolute Gasteiger partial charge is 0.404 e. The molecule has 0 saturated heterocycles. The third kappa shape index (κ3) is 4.62. The number of benzene rings is 1. The van der Waals surface area contributed by atoms with Crippen molar-refractivity contribution in [2.24, 2.45) is 0 Å². The summed E-state index contributed by atoms with van der Waals surface area (Å²) in [6.45, 7) is 4.48. The minimum Gasteiger partial charge on any atom is -0.404 e. The molecular weight excluding hydrogens is 298 g/mol. The predicted molar refractivity (Wildman–Crippen MR) is 66.0 cm³/mol. The van der Waals surface area contributed by atoms with Crippen LogP contribution in [0.4, 0.5) is 0 Å². The standard InChI is InChI=1S/C9H14O8P2/c1-5-4-6(2)9(17-19(13,14)15)7(3)8(5)16-18(10,11)12/h4H,1-3H3,(H2,10,11,12)(H2,13,14,15). The Morgan fingerprint density at radius 1 is 0.842 bits per heavy atom. The number of phosphoric ester groups is 2.